The molecule has 1 aromatic carbocycles. The summed E-state index contributed by atoms with van der Waals surface area (Å²) in [5.74, 6) is -0.885. The van der Waals surface area contributed by atoms with Crippen molar-refractivity contribution in [2.24, 2.45) is 0 Å². The number of thioether (sulfide) groups is 1. The lowest BCUT2D eigenvalue weighted by Gasteiger charge is -2.34. The summed E-state index contributed by atoms with van der Waals surface area (Å²) < 4.78 is 0.880. The van der Waals surface area contributed by atoms with Crippen LogP contribution in [-0.4, -0.2) is 39.6 Å². The second-order valence-electron chi connectivity index (χ2n) is 5.06. The van der Waals surface area contributed by atoms with Gasteiger partial charge in [0.25, 0.3) is 0 Å². The van der Waals surface area contributed by atoms with E-state index in [1.807, 2.05) is 17.8 Å². The second-order valence-corrected chi connectivity index (χ2v) is 7.80. The predicted molar refractivity (Wildman–Crippen MR) is 82.9 cm³/mol. The van der Waals surface area contributed by atoms with Gasteiger partial charge in [0.15, 0.2) is 0 Å². The smallest absolute Gasteiger partial charge is 0.335 e. The molecule has 2 atom stereocenters. The fourth-order valence-electron chi connectivity index (χ4n) is 2.46. The number of carboxylic acids is 1. The molecule has 1 N–H and O–H groups in total. The van der Waals surface area contributed by atoms with E-state index in [0.29, 0.717) is 16.1 Å². The first kappa shape index (κ1) is 14.9. The van der Waals surface area contributed by atoms with Gasteiger partial charge in [0.1, 0.15) is 0 Å². The van der Waals surface area contributed by atoms with E-state index < -0.39 is 5.97 Å². The predicted octanol–water partition coefficient (Wildman–Crippen LogP) is 3.47. The van der Waals surface area contributed by atoms with E-state index in [2.05, 4.69) is 34.7 Å². The van der Waals surface area contributed by atoms with E-state index in [1.54, 1.807) is 12.1 Å². The van der Waals surface area contributed by atoms with Crippen LogP contribution in [0.25, 0.3) is 0 Å². The van der Waals surface area contributed by atoms with Crippen molar-refractivity contribution in [3.05, 3.63) is 33.8 Å². The third kappa shape index (κ3) is 3.97. The third-order valence-corrected chi connectivity index (χ3v) is 5.15. The molecule has 2 rings (SSSR count). The summed E-state index contributed by atoms with van der Waals surface area (Å²) in [6.07, 6.45) is 0. The lowest BCUT2D eigenvalue weighted by atomic mass is 10.1. The largest absolute Gasteiger partial charge is 0.478 e. The topological polar surface area (TPSA) is 40.5 Å². The monoisotopic (exact) mass is 343 g/mol. The molecule has 3 nitrogen and oxygen atoms in total. The van der Waals surface area contributed by atoms with E-state index in [-0.39, 0.29) is 0 Å². The molecule has 5 heteroatoms. The van der Waals surface area contributed by atoms with Crippen molar-refractivity contribution in [3.8, 4) is 0 Å². The fraction of sp³-hybridized carbons (Fsp3) is 0.500. The zero-order chi connectivity index (χ0) is 14.0. The average Bonchev–Trinajstić information content (AvgIpc) is 2.30. The van der Waals surface area contributed by atoms with Crippen LogP contribution in [0.15, 0.2) is 22.7 Å². The van der Waals surface area contributed by atoms with Crippen LogP contribution in [0.5, 0.6) is 0 Å². The molecule has 1 aliphatic rings. The summed E-state index contributed by atoms with van der Waals surface area (Å²) >= 11 is 5.51. The zero-order valence-corrected chi connectivity index (χ0v) is 13.5. The standard InChI is InChI=1S/C14H18BrNO2S/c1-9-6-16(7-10(2)19-9)8-12-4-3-11(14(17)18)5-13(12)15/h3-5,9-10H,6-8H2,1-2H3,(H,17,18). The highest BCUT2D eigenvalue weighted by atomic mass is 79.9. The van der Waals surface area contributed by atoms with Gasteiger partial charge in [0.2, 0.25) is 0 Å². The van der Waals surface area contributed by atoms with Gasteiger partial charge in [-0.2, -0.15) is 11.8 Å². The van der Waals surface area contributed by atoms with Crippen LogP contribution in [-0.2, 0) is 6.54 Å². The van der Waals surface area contributed by atoms with Crippen LogP contribution in [0.2, 0.25) is 0 Å². The minimum Gasteiger partial charge on any atom is -0.478 e. The van der Waals surface area contributed by atoms with Gasteiger partial charge in [0.05, 0.1) is 5.56 Å². The highest BCUT2D eigenvalue weighted by molar-refractivity contribution is 9.10. The van der Waals surface area contributed by atoms with Crippen molar-refractivity contribution in [1.82, 2.24) is 4.90 Å². The van der Waals surface area contributed by atoms with Gasteiger partial charge in [-0.15, -0.1) is 0 Å². The number of carbonyl (C=O) groups is 1. The van der Waals surface area contributed by atoms with E-state index in [0.717, 1.165) is 29.7 Å². The molecule has 0 saturated carbocycles. The Kier molecular flexibility index (Phi) is 4.92. The Morgan fingerprint density at radius 2 is 2.05 bits per heavy atom. The van der Waals surface area contributed by atoms with Crippen molar-refractivity contribution in [2.75, 3.05) is 13.1 Å². The number of nitrogens with zero attached hydrogens (tertiary/aromatic N) is 1. The third-order valence-electron chi connectivity index (χ3n) is 3.19. The van der Waals surface area contributed by atoms with E-state index in [9.17, 15) is 4.79 Å². The summed E-state index contributed by atoms with van der Waals surface area (Å²) in [4.78, 5) is 13.3. The lowest BCUT2D eigenvalue weighted by Crippen LogP contribution is -2.39. The van der Waals surface area contributed by atoms with Gasteiger partial charge in [-0.1, -0.05) is 35.8 Å². The Balaban J connectivity index is 2.08. The first-order chi connectivity index (χ1) is 8.95. The van der Waals surface area contributed by atoms with Crippen LogP contribution >= 0.6 is 27.7 Å². The molecule has 1 aromatic rings. The molecule has 1 fully saturated rings. The van der Waals surface area contributed by atoms with Crippen LogP contribution < -0.4 is 0 Å². The average molecular weight is 344 g/mol. The van der Waals surface area contributed by atoms with Gasteiger partial charge in [-0.3, -0.25) is 4.90 Å². The highest BCUT2D eigenvalue weighted by Gasteiger charge is 2.22. The maximum absolute atomic E-state index is 10.9. The summed E-state index contributed by atoms with van der Waals surface area (Å²) in [7, 11) is 0. The Morgan fingerprint density at radius 3 is 2.58 bits per heavy atom. The number of benzene rings is 1. The van der Waals surface area contributed by atoms with Crippen LogP contribution in [0, 0.1) is 0 Å². The van der Waals surface area contributed by atoms with Crippen molar-refractivity contribution < 1.29 is 9.90 Å². The minimum absolute atomic E-state index is 0.326. The maximum Gasteiger partial charge on any atom is 0.335 e. The molecule has 0 bridgehead atoms. The highest BCUT2D eigenvalue weighted by Crippen LogP contribution is 2.27. The molecule has 0 amide bonds. The summed E-state index contributed by atoms with van der Waals surface area (Å²) in [6.45, 7) is 7.56. The maximum atomic E-state index is 10.9. The normalized spacial score (nSPS) is 24.4. The Morgan fingerprint density at radius 1 is 1.42 bits per heavy atom. The molecule has 1 heterocycles. The molecule has 19 heavy (non-hydrogen) atoms. The van der Waals surface area contributed by atoms with Crippen molar-refractivity contribution in [1.29, 1.82) is 0 Å². The van der Waals surface area contributed by atoms with Crippen LogP contribution in [0.3, 0.4) is 0 Å². The van der Waals surface area contributed by atoms with Gasteiger partial charge >= 0.3 is 5.97 Å². The Bertz CT molecular complexity index is 471. The SMILES string of the molecule is CC1CN(Cc2ccc(C(=O)O)cc2Br)CC(C)S1. The van der Waals surface area contributed by atoms with Crippen LogP contribution in [0.4, 0.5) is 0 Å². The molecule has 0 spiro atoms. The van der Waals surface area contributed by atoms with Gasteiger partial charge in [-0.05, 0) is 17.7 Å². The van der Waals surface area contributed by atoms with Gasteiger partial charge < -0.3 is 5.11 Å². The van der Waals surface area contributed by atoms with E-state index >= 15 is 0 Å². The molecule has 1 aliphatic heterocycles. The molecular weight excluding hydrogens is 326 g/mol. The lowest BCUT2D eigenvalue weighted by molar-refractivity contribution is 0.0697. The number of hydrogen-bond donors (Lipinski definition) is 1. The fourth-order valence-corrected chi connectivity index (χ4v) is 4.35. The summed E-state index contributed by atoms with van der Waals surface area (Å²) in [6, 6.07) is 5.27. The minimum atomic E-state index is -0.885. The number of aromatic carboxylic acids is 1. The van der Waals surface area contributed by atoms with E-state index in [4.69, 9.17) is 5.11 Å². The molecule has 2 unspecified atom stereocenters. The number of halogens is 1. The van der Waals surface area contributed by atoms with Crippen molar-refractivity contribution in [2.45, 2.75) is 30.9 Å². The summed E-state index contributed by atoms with van der Waals surface area (Å²) in [5, 5.41) is 10.3. The first-order valence-corrected chi connectivity index (χ1v) is 8.09. The molecule has 0 radical (unpaired) electrons. The summed E-state index contributed by atoms with van der Waals surface area (Å²) in [5.41, 5.74) is 1.47. The van der Waals surface area contributed by atoms with Gasteiger partial charge in [0, 0.05) is 34.6 Å². The Hall–Kier alpha value is -0.520. The number of hydrogen-bond acceptors (Lipinski definition) is 3. The first-order valence-electron chi connectivity index (χ1n) is 6.35. The molecule has 0 aromatic heterocycles. The quantitative estimate of drug-likeness (QED) is 0.912. The van der Waals surface area contributed by atoms with Gasteiger partial charge in [-0.25, -0.2) is 4.79 Å². The Labute approximate surface area is 126 Å². The number of rotatable bonds is 3. The number of carboxylic acid groups (broad SMARTS) is 1. The van der Waals surface area contributed by atoms with Crippen molar-refractivity contribution >= 4 is 33.7 Å². The molecular formula is C14H18BrNO2S. The molecule has 0 aliphatic carbocycles. The van der Waals surface area contributed by atoms with Crippen LogP contribution in [0.1, 0.15) is 29.8 Å². The second kappa shape index (κ2) is 6.29. The molecule has 1 saturated heterocycles. The zero-order valence-electron chi connectivity index (χ0n) is 11.1. The van der Waals surface area contributed by atoms with Crippen molar-refractivity contribution in [3.63, 3.8) is 0 Å². The molecule has 104 valence electrons. The van der Waals surface area contributed by atoms with E-state index in [1.165, 1.54) is 0 Å².